The van der Waals surface area contributed by atoms with Crippen molar-refractivity contribution in [3.63, 3.8) is 0 Å². The summed E-state index contributed by atoms with van der Waals surface area (Å²) in [5.41, 5.74) is 7.87. The highest BCUT2D eigenvalue weighted by Gasteiger charge is 2.22. The first-order chi connectivity index (χ1) is 6.84. The summed E-state index contributed by atoms with van der Waals surface area (Å²) in [4.78, 5) is 0. The Labute approximate surface area is 92.1 Å². The molecule has 0 saturated heterocycles. The molecule has 1 aromatic carbocycles. The number of benzene rings is 1. The first-order valence-corrected chi connectivity index (χ1v) is 5.37. The van der Waals surface area contributed by atoms with Crippen LogP contribution < -0.4 is 5.73 Å². The summed E-state index contributed by atoms with van der Waals surface area (Å²) in [5.74, 6) is 0. The lowest BCUT2D eigenvalue weighted by atomic mass is 9.81. The smallest absolute Gasteiger partial charge is 0.0941 e. The van der Waals surface area contributed by atoms with Gasteiger partial charge in [0.15, 0.2) is 0 Å². The molecule has 1 aromatic rings. The molecule has 0 bridgehead atoms. The van der Waals surface area contributed by atoms with Crippen LogP contribution in [0.4, 0.5) is 0 Å². The van der Waals surface area contributed by atoms with Crippen molar-refractivity contribution in [2.24, 2.45) is 5.73 Å². The molecule has 2 nitrogen and oxygen atoms in total. The van der Waals surface area contributed by atoms with E-state index >= 15 is 0 Å². The van der Waals surface area contributed by atoms with Crippen molar-refractivity contribution in [3.8, 4) is 0 Å². The van der Waals surface area contributed by atoms with E-state index in [2.05, 4.69) is 26.8 Å². The first-order valence-electron chi connectivity index (χ1n) is 5.37. The van der Waals surface area contributed by atoms with Crippen LogP contribution in [-0.4, -0.2) is 11.1 Å². The fourth-order valence-corrected chi connectivity index (χ4v) is 1.72. The minimum atomic E-state index is -0.583. The maximum Gasteiger partial charge on any atom is 0.0941 e. The summed E-state index contributed by atoms with van der Waals surface area (Å²) >= 11 is 0. The Hall–Kier alpha value is -0.860. The van der Waals surface area contributed by atoms with E-state index in [0.29, 0.717) is 0 Å². The van der Waals surface area contributed by atoms with Gasteiger partial charge in [0, 0.05) is 6.04 Å². The van der Waals surface area contributed by atoms with E-state index in [4.69, 9.17) is 5.73 Å². The van der Waals surface area contributed by atoms with E-state index in [1.54, 1.807) is 0 Å². The number of hydrogen-bond donors (Lipinski definition) is 2. The predicted octanol–water partition coefficient (Wildman–Crippen LogP) is 2.36. The minimum Gasteiger partial charge on any atom is -0.387 e. The molecule has 84 valence electrons. The second kappa shape index (κ2) is 4.33. The van der Waals surface area contributed by atoms with Crippen LogP contribution in [0.25, 0.3) is 0 Å². The summed E-state index contributed by atoms with van der Waals surface area (Å²) in [6.07, 6.45) is -0.583. The van der Waals surface area contributed by atoms with Crippen LogP contribution in [0.2, 0.25) is 0 Å². The zero-order chi connectivity index (χ0) is 11.6. The number of aliphatic hydroxyl groups is 1. The van der Waals surface area contributed by atoms with Gasteiger partial charge < -0.3 is 10.8 Å². The molecule has 2 atom stereocenters. The molecule has 1 rings (SSSR count). The second-order valence-corrected chi connectivity index (χ2v) is 5.14. The molecular formula is C13H21NO. The third-order valence-corrected chi connectivity index (χ3v) is 2.59. The molecule has 0 heterocycles. The molecule has 0 amide bonds. The van der Waals surface area contributed by atoms with Crippen LogP contribution in [0.1, 0.15) is 44.9 Å². The molecule has 0 aliphatic rings. The van der Waals surface area contributed by atoms with Crippen molar-refractivity contribution < 1.29 is 5.11 Å². The van der Waals surface area contributed by atoms with Crippen molar-refractivity contribution in [2.75, 3.05) is 0 Å². The van der Waals surface area contributed by atoms with Crippen LogP contribution in [-0.2, 0) is 5.41 Å². The first kappa shape index (κ1) is 12.2. The number of aliphatic hydroxyl groups excluding tert-OH is 1. The van der Waals surface area contributed by atoms with Crippen LogP contribution in [0, 0.1) is 0 Å². The molecule has 0 aliphatic heterocycles. The largest absolute Gasteiger partial charge is 0.387 e. The maximum atomic E-state index is 10.0. The van der Waals surface area contributed by atoms with Crippen LogP contribution in [0.3, 0.4) is 0 Å². The van der Waals surface area contributed by atoms with Crippen molar-refractivity contribution in [1.29, 1.82) is 0 Å². The van der Waals surface area contributed by atoms with E-state index in [9.17, 15) is 5.11 Å². The summed E-state index contributed by atoms with van der Waals surface area (Å²) in [7, 11) is 0. The Kier molecular flexibility index (Phi) is 3.53. The van der Waals surface area contributed by atoms with E-state index < -0.39 is 6.10 Å². The number of rotatable bonds is 2. The molecule has 0 aromatic heterocycles. The normalized spacial score (nSPS) is 16.1. The van der Waals surface area contributed by atoms with Crippen molar-refractivity contribution in [2.45, 2.75) is 45.3 Å². The van der Waals surface area contributed by atoms with Gasteiger partial charge in [-0.3, -0.25) is 0 Å². The van der Waals surface area contributed by atoms with Crippen LogP contribution in [0.5, 0.6) is 0 Å². The average molecular weight is 207 g/mol. The monoisotopic (exact) mass is 207 g/mol. The van der Waals surface area contributed by atoms with E-state index in [-0.39, 0.29) is 11.5 Å². The van der Waals surface area contributed by atoms with Gasteiger partial charge in [0.05, 0.1) is 6.10 Å². The van der Waals surface area contributed by atoms with Crippen molar-refractivity contribution in [1.82, 2.24) is 0 Å². The fraction of sp³-hybridized carbons (Fsp3) is 0.538. The van der Waals surface area contributed by atoms with Gasteiger partial charge in [0.2, 0.25) is 0 Å². The van der Waals surface area contributed by atoms with Gasteiger partial charge in [-0.05, 0) is 23.5 Å². The maximum absolute atomic E-state index is 10.0. The summed E-state index contributed by atoms with van der Waals surface area (Å²) in [6.45, 7) is 8.24. The Balaban J connectivity index is 3.18. The Morgan fingerprint density at radius 2 is 1.73 bits per heavy atom. The SMILES string of the molecule is CC(N)C(O)c1ccccc1C(C)(C)C. The molecule has 0 saturated carbocycles. The molecule has 0 spiro atoms. The van der Waals surface area contributed by atoms with Gasteiger partial charge in [0.1, 0.15) is 0 Å². The molecule has 0 fully saturated rings. The molecule has 0 aliphatic carbocycles. The van der Waals surface area contributed by atoms with Crippen LogP contribution in [0.15, 0.2) is 24.3 Å². The van der Waals surface area contributed by atoms with Crippen molar-refractivity contribution >= 4 is 0 Å². The minimum absolute atomic E-state index is 0.0342. The van der Waals surface area contributed by atoms with Gasteiger partial charge in [-0.15, -0.1) is 0 Å². The van der Waals surface area contributed by atoms with Gasteiger partial charge in [-0.1, -0.05) is 45.0 Å². The Morgan fingerprint density at radius 1 is 1.20 bits per heavy atom. The number of nitrogens with two attached hydrogens (primary N) is 1. The fourth-order valence-electron chi connectivity index (χ4n) is 1.72. The van der Waals surface area contributed by atoms with E-state index in [1.807, 2.05) is 25.1 Å². The van der Waals surface area contributed by atoms with Crippen molar-refractivity contribution in [3.05, 3.63) is 35.4 Å². The second-order valence-electron chi connectivity index (χ2n) is 5.14. The highest BCUT2D eigenvalue weighted by atomic mass is 16.3. The molecule has 2 unspecified atom stereocenters. The molecule has 2 heteroatoms. The lowest BCUT2D eigenvalue weighted by Crippen LogP contribution is -2.27. The Morgan fingerprint density at radius 3 is 2.20 bits per heavy atom. The molecular weight excluding hydrogens is 186 g/mol. The lowest BCUT2D eigenvalue weighted by Gasteiger charge is -2.26. The Bertz CT molecular complexity index is 326. The third-order valence-electron chi connectivity index (χ3n) is 2.59. The molecule has 15 heavy (non-hydrogen) atoms. The van der Waals surface area contributed by atoms with Gasteiger partial charge in [-0.25, -0.2) is 0 Å². The van der Waals surface area contributed by atoms with E-state index in [1.165, 1.54) is 0 Å². The number of hydrogen-bond acceptors (Lipinski definition) is 2. The van der Waals surface area contributed by atoms with Gasteiger partial charge >= 0.3 is 0 Å². The lowest BCUT2D eigenvalue weighted by molar-refractivity contribution is 0.151. The summed E-state index contributed by atoms with van der Waals surface area (Å²) in [6, 6.07) is 7.71. The quantitative estimate of drug-likeness (QED) is 0.782. The van der Waals surface area contributed by atoms with E-state index in [0.717, 1.165) is 11.1 Å². The third kappa shape index (κ3) is 2.80. The molecule has 3 N–H and O–H groups in total. The highest BCUT2D eigenvalue weighted by molar-refractivity contribution is 5.34. The topological polar surface area (TPSA) is 46.2 Å². The standard InChI is InChI=1S/C13H21NO/c1-9(14)12(15)10-7-5-6-8-11(10)13(2,3)4/h5-9,12,15H,14H2,1-4H3. The van der Waals surface area contributed by atoms with Gasteiger partial charge in [0.25, 0.3) is 0 Å². The molecule has 0 radical (unpaired) electrons. The zero-order valence-corrected chi connectivity index (χ0v) is 9.99. The van der Waals surface area contributed by atoms with Crippen LogP contribution >= 0.6 is 0 Å². The van der Waals surface area contributed by atoms with Gasteiger partial charge in [-0.2, -0.15) is 0 Å². The summed E-state index contributed by atoms with van der Waals surface area (Å²) < 4.78 is 0. The summed E-state index contributed by atoms with van der Waals surface area (Å²) in [5, 5.41) is 10.0. The predicted molar refractivity (Wildman–Crippen MR) is 63.8 cm³/mol. The average Bonchev–Trinajstić information content (AvgIpc) is 2.15. The zero-order valence-electron chi connectivity index (χ0n) is 9.99. The highest BCUT2D eigenvalue weighted by Crippen LogP contribution is 2.30.